The number of hydrogen-bond acceptors (Lipinski definition) is 3. The summed E-state index contributed by atoms with van der Waals surface area (Å²) in [5, 5.41) is 5.89. The Kier molecular flexibility index (Phi) is 8.06. The average molecular weight is 348 g/mol. The van der Waals surface area contributed by atoms with E-state index in [-0.39, 0.29) is 18.2 Å². The molecule has 0 radical (unpaired) electrons. The fraction of sp³-hybridized carbons (Fsp3) is 0.650. The normalized spacial score (nSPS) is 18.6. The summed E-state index contributed by atoms with van der Waals surface area (Å²) in [6.07, 6.45) is 5.56. The summed E-state index contributed by atoms with van der Waals surface area (Å²) in [5.41, 5.74) is 0.687. The highest BCUT2D eigenvalue weighted by atomic mass is 16.5. The first-order valence-electron chi connectivity index (χ1n) is 9.45. The van der Waals surface area contributed by atoms with E-state index in [0.717, 1.165) is 32.3 Å². The van der Waals surface area contributed by atoms with Crippen LogP contribution in [0.1, 0.15) is 52.9 Å². The molecule has 1 fully saturated rings. The maximum atomic E-state index is 12.2. The Balaban J connectivity index is 1.83. The molecule has 2 atom stereocenters. The summed E-state index contributed by atoms with van der Waals surface area (Å²) < 4.78 is 11.6. The van der Waals surface area contributed by atoms with E-state index in [2.05, 4.69) is 24.5 Å². The van der Waals surface area contributed by atoms with E-state index in [4.69, 9.17) is 9.47 Å². The molecule has 0 saturated carbocycles. The minimum atomic E-state index is -0.193. The zero-order chi connectivity index (χ0) is 18.1. The quantitative estimate of drug-likeness (QED) is 0.723. The van der Waals surface area contributed by atoms with Crippen LogP contribution in [-0.4, -0.2) is 31.4 Å². The first-order chi connectivity index (χ1) is 12.0. The van der Waals surface area contributed by atoms with Crippen molar-refractivity contribution in [2.24, 2.45) is 5.92 Å². The van der Waals surface area contributed by atoms with Gasteiger partial charge in [0.1, 0.15) is 12.4 Å². The number of urea groups is 1. The minimum absolute atomic E-state index is 0.145. The number of benzene rings is 1. The van der Waals surface area contributed by atoms with Gasteiger partial charge in [0, 0.05) is 12.6 Å². The summed E-state index contributed by atoms with van der Waals surface area (Å²) in [4.78, 5) is 12.2. The SMILES string of the molecule is CC(C)CCC(C)NC(=O)Nc1ccccc1OCC1CCCCO1. The largest absolute Gasteiger partial charge is 0.489 e. The van der Waals surface area contributed by atoms with Crippen molar-refractivity contribution < 1.29 is 14.3 Å². The lowest BCUT2D eigenvalue weighted by atomic mass is 10.0. The molecule has 5 heteroatoms. The first kappa shape index (κ1) is 19.6. The third kappa shape index (κ3) is 7.34. The Bertz CT molecular complexity index is 527. The lowest BCUT2D eigenvalue weighted by Crippen LogP contribution is -2.36. The van der Waals surface area contributed by atoms with Gasteiger partial charge in [-0.1, -0.05) is 26.0 Å². The number of para-hydroxylation sites is 2. The van der Waals surface area contributed by atoms with Crippen LogP contribution in [0.2, 0.25) is 0 Å². The van der Waals surface area contributed by atoms with E-state index in [0.29, 0.717) is 24.0 Å². The molecule has 1 aromatic carbocycles. The summed E-state index contributed by atoms with van der Waals surface area (Å²) in [6.45, 7) is 7.74. The molecule has 0 aromatic heterocycles. The number of hydrogen-bond donors (Lipinski definition) is 2. The zero-order valence-electron chi connectivity index (χ0n) is 15.7. The molecule has 2 N–H and O–H groups in total. The number of nitrogens with one attached hydrogen (secondary N) is 2. The van der Waals surface area contributed by atoms with Crippen molar-refractivity contribution in [3.63, 3.8) is 0 Å². The van der Waals surface area contributed by atoms with Crippen LogP contribution in [0, 0.1) is 5.92 Å². The van der Waals surface area contributed by atoms with Gasteiger partial charge >= 0.3 is 6.03 Å². The van der Waals surface area contributed by atoms with Gasteiger partial charge in [-0.05, 0) is 57.1 Å². The van der Waals surface area contributed by atoms with Crippen LogP contribution in [-0.2, 0) is 4.74 Å². The van der Waals surface area contributed by atoms with E-state index in [1.165, 1.54) is 6.42 Å². The van der Waals surface area contributed by atoms with Crippen LogP contribution in [0.3, 0.4) is 0 Å². The van der Waals surface area contributed by atoms with Gasteiger partial charge in [0.2, 0.25) is 0 Å². The van der Waals surface area contributed by atoms with E-state index >= 15 is 0 Å². The molecule has 1 aliphatic heterocycles. The minimum Gasteiger partial charge on any atom is -0.489 e. The molecule has 25 heavy (non-hydrogen) atoms. The number of carbonyl (C=O) groups excluding carboxylic acids is 1. The van der Waals surface area contributed by atoms with Crippen LogP contribution in [0.15, 0.2) is 24.3 Å². The Morgan fingerprint density at radius 3 is 2.76 bits per heavy atom. The van der Waals surface area contributed by atoms with Crippen LogP contribution in [0.5, 0.6) is 5.75 Å². The summed E-state index contributed by atoms with van der Waals surface area (Å²) in [5.74, 6) is 1.32. The topological polar surface area (TPSA) is 59.6 Å². The maximum absolute atomic E-state index is 12.2. The van der Waals surface area contributed by atoms with E-state index in [1.54, 1.807) is 0 Å². The van der Waals surface area contributed by atoms with Crippen LogP contribution >= 0.6 is 0 Å². The first-order valence-corrected chi connectivity index (χ1v) is 9.45. The molecule has 140 valence electrons. The van der Waals surface area contributed by atoms with E-state index in [9.17, 15) is 4.79 Å². The van der Waals surface area contributed by atoms with Crippen LogP contribution < -0.4 is 15.4 Å². The van der Waals surface area contributed by atoms with Crippen molar-refractivity contribution in [2.75, 3.05) is 18.5 Å². The molecular weight excluding hydrogens is 316 g/mol. The smallest absolute Gasteiger partial charge is 0.319 e. The highest BCUT2D eigenvalue weighted by Crippen LogP contribution is 2.25. The molecule has 1 aromatic rings. The predicted molar refractivity (Wildman–Crippen MR) is 101 cm³/mol. The van der Waals surface area contributed by atoms with Crippen molar-refractivity contribution in [1.29, 1.82) is 0 Å². The van der Waals surface area contributed by atoms with Gasteiger partial charge in [0.15, 0.2) is 0 Å². The standard InChI is InChI=1S/C20H32N2O3/c1-15(2)11-12-16(3)21-20(23)22-18-9-4-5-10-19(18)25-14-17-8-6-7-13-24-17/h4-5,9-10,15-17H,6-8,11-14H2,1-3H3,(H2,21,22,23). The van der Waals surface area contributed by atoms with Crippen molar-refractivity contribution in [3.05, 3.63) is 24.3 Å². The molecule has 1 aliphatic rings. The highest BCUT2D eigenvalue weighted by molar-refractivity contribution is 5.91. The Morgan fingerprint density at radius 1 is 1.24 bits per heavy atom. The predicted octanol–water partition coefficient (Wildman–Crippen LogP) is 4.58. The van der Waals surface area contributed by atoms with Gasteiger partial charge in [0.05, 0.1) is 11.8 Å². The second kappa shape index (κ2) is 10.3. The molecule has 2 amide bonds. The number of rotatable bonds is 8. The molecule has 2 unspecified atom stereocenters. The van der Waals surface area contributed by atoms with E-state index in [1.807, 2.05) is 31.2 Å². The third-order valence-electron chi connectivity index (χ3n) is 4.39. The number of carbonyl (C=O) groups is 1. The second-order valence-corrected chi connectivity index (χ2v) is 7.27. The van der Waals surface area contributed by atoms with Crippen LogP contribution in [0.25, 0.3) is 0 Å². The van der Waals surface area contributed by atoms with Crippen molar-refractivity contribution in [1.82, 2.24) is 5.32 Å². The van der Waals surface area contributed by atoms with Crippen LogP contribution in [0.4, 0.5) is 10.5 Å². The summed E-state index contributed by atoms with van der Waals surface area (Å²) >= 11 is 0. The van der Waals surface area contributed by atoms with Crippen molar-refractivity contribution in [2.45, 2.75) is 65.0 Å². The molecule has 0 aliphatic carbocycles. The molecule has 0 bridgehead atoms. The van der Waals surface area contributed by atoms with Gasteiger partial charge in [-0.2, -0.15) is 0 Å². The molecule has 1 saturated heterocycles. The van der Waals surface area contributed by atoms with Gasteiger partial charge in [-0.3, -0.25) is 0 Å². The molecule has 2 rings (SSSR count). The highest BCUT2D eigenvalue weighted by Gasteiger charge is 2.16. The van der Waals surface area contributed by atoms with Gasteiger partial charge < -0.3 is 20.1 Å². The Hall–Kier alpha value is -1.75. The van der Waals surface area contributed by atoms with Crippen molar-refractivity contribution in [3.8, 4) is 5.75 Å². The monoisotopic (exact) mass is 348 g/mol. The molecule has 1 heterocycles. The van der Waals surface area contributed by atoms with Gasteiger partial charge in [0.25, 0.3) is 0 Å². The number of anilines is 1. The fourth-order valence-electron chi connectivity index (χ4n) is 2.86. The Labute approximate surface area is 151 Å². The lowest BCUT2D eigenvalue weighted by molar-refractivity contribution is -0.0109. The van der Waals surface area contributed by atoms with Gasteiger partial charge in [-0.15, -0.1) is 0 Å². The molecule has 5 nitrogen and oxygen atoms in total. The molecule has 0 spiro atoms. The molecular formula is C20H32N2O3. The summed E-state index contributed by atoms with van der Waals surface area (Å²) in [7, 11) is 0. The lowest BCUT2D eigenvalue weighted by Gasteiger charge is -2.23. The van der Waals surface area contributed by atoms with Crippen molar-refractivity contribution >= 4 is 11.7 Å². The third-order valence-corrected chi connectivity index (χ3v) is 4.39. The second-order valence-electron chi connectivity index (χ2n) is 7.27. The van der Waals surface area contributed by atoms with E-state index < -0.39 is 0 Å². The number of amides is 2. The summed E-state index contributed by atoms with van der Waals surface area (Å²) in [6, 6.07) is 7.48. The maximum Gasteiger partial charge on any atom is 0.319 e. The number of ether oxygens (including phenoxy) is 2. The van der Waals surface area contributed by atoms with Gasteiger partial charge in [-0.25, -0.2) is 4.79 Å². The average Bonchev–Trinajstić information content (AvgIpc) is 2.60. The zero-order valence-corrected chi connectivity index (χ0v) is 15.7. The fourth-order valence-corrected chi connectivity index (χ4v) is 2.86. The Morgan fingerprint density at radius 2 is 2.04 bits per heavy atom.